The molecule has 0 spiro atoms. The van der Waals surface area contributed by atoms with E-state index in [1.807, 2.05) is 12.1 Å². The van der Waals surface area contributed by atoms with E-state index in [4.69, 9.17) is 4.74 Å². The molecule has 0 aliphatic rings. The SMILES string of the molecule is Cc1ccc(CNC(C)c2ccccc2OCCc2ccccc2)cc1. The predicted octanol–water partition coefficient (Wildman–Crippen LogP) is 5.47. The van der Waals surface area contributed by atoms with Crippen LogP contribution in [0.2, 0.25) is 0 Å². The van der Waals surface area contributed by atoms with Crippen LogP contribution in [0.15, 0.2) is 78.9 Å². The fourth-order valence-electron chi connectivity index (χ4n) is 2.98. The number of hydrogen-bond acceptors (Lipinski definition) is 2. The second kappa shape index (κ2) is 9.21. The third kappa shape index (κ3) is 5.21. The van der Waals surface area contributed by atoms with Crippen molar-refractivity contribution in [2.45, 2.75) is 32.9 Å². The maximum atomic E-state index is 6.09. The van der Waals surface area contributed by atoms with E-state index >= 15 is 0 Å². The van der Waals surface area contributed by atoms with E-state index in [0.29, 0.717) is 6.61 Å². The van der Waals surface area contributed by atoms with E-state index < -0.39 is 0 Å². The van der Waals surface area contributed by atoms with Gasteiger partial charge in [-0.2, -0.15) is 0 Å². The highest BCUT2D eigenvalue weighted by molar-refractivity contribution is 5.36. The van der Waals surface area contributed by atoms with Gasteiger partial charge in [0.1, 0.15) is 5.75 Å². The van der Waals surface area contributed by atoms with E-state index in [0.717, 1.165) is 18.7 Å². The zero-order valence-corrected chi connectivity index (χ0v) is 15.6. The molecular weight excluding hydrogens is 318 g/mol. The zero-order chi connectivity index (χ0) is 18.2. The summed E-state index contributed by atoms with van der Waals surface area (Å²) in [5.74, 6) is 0.965. The van der Waals surface area contributed by atoms with Gasteiger partial charge in [-0.3, -0.25) is 0 Å². The van der Waals surface area contributed by atoms with Crippen LogP contribution in [0, 0.1) is 6.92 Å². The van der Waals surface area contributed by atoms with Crippen LogP contribution in [0.25, 0.3) is 0 Å². The van der Waals surface area contributed by atoms with Crippen LogP contribution in [0.5, 0.6) is 5.75 Å². The molecule has 0 aromatic heterocycles. The molecule has 2 nitrogen and oxygen atoms in total. The summed E-state index contributed by atoms with van der Waals surface area (Å²) in [6.45, 7) is 5.84. The van der Waals surface area contributed by atoms with Crippen molar-refractivity contribution in [3.05, 3.63) is 101 Å². The number of rotatable bonds is 8. The monoisotopic (exact) mass is 345 g/mol. The highest BCUT2D eigenvalue weighted by Gasteiger charge is 2.11. The summed E-state index contributed by atoms with van der Waals surface area (Å²) in [5.41, 5.74) is 5.09. The second-order valence-corrected chi connectivity index (χ2v) is 6.71. The maximum Gasteiger partial charge on any atom is 0.124 e. The Balaban J connectivity index is 1.57. The molecule has 0 bridgehead atoms. The Labute approximate surface area is 156 Å². The van der Waals surface area contributed by atoms with Crippen molar-refractivity contribution < 1.29 is 4.74 Å². The number of nitrogens with one attached hydrogen (secondary N) is 1. The van der Waals surface area contributed by atoms with Gasteiger partial charge in [-0.15, -0.1) is 0 Å². The first-order valence-corrected chi connectivity index (χ1v) is 9.27. The summed E-state index contributed by atoms with van der Waals surface area (Å²) in [6, 6.07) is 27.7. The Bertz CT molecular complexity index is 796. The maximum absolute atomic E-state index is 6.09. The Morgan fingerprint density at radius 1 is 0.808 bits per heavy atom. The van der Waals surface area contributed by atoms with E-state index in [-0.39, 0.29) is 6.04 Å². The average Bonchev–Trinajstić information content (AvgIpc) is 2.68. The lowest BCUT2D eigenvalue weighted by molar-refractivity contribution is 0.315. The first-order valence-electron chi connectivity index (χ1n) is 9.27. The Hall–Kier alpha value is -2.58. The number of aryl methyl sites for hydroxylation is 1. The zero-order valence-electron chi connectivity index (χ0n) is 15.6. The molecule has 0 heterocycles. The number of hydrogen-bond donors (Lipinski definition) is 1. The summed E-state index contributed by atoms with van der Waals surface area (Å²) >= 11 is 0. The molecule has 2 heteroatoms. The third-order valence-corrected chi connectivity index (χ3v) is 4.61. The van der Waals surface area contributed by atoms with Gasteiger partial charge in [-0.25, -0.2) is 0 Å². The molecule has 134 valence electrons. The van der Waals surface area contributed by atoms with Crippen LogP contribution in [-0.4, -0.2) is 6.61 Å². The first kappa shape index (κ1) is 18.2. The van der Waals surface area contributed by atoms with Gasteiger partial charge in [0.15, 0.2) is 0 Å². The van der Waals surface area contributed by atoms with Gasteiger partial charge in [0, 0.05) is 24.6 Å². The van der Waals surface area contributed by atoms with Crippen LogP contribution in [0.4, 0.5) is 0 Å². The lowest BCUT2D eigenvalue weighted by atomic mass is 10.1. The smallest absolute Gasteiger partial charge is 0.124 e. The van der Waals surface area contributed by atoms with Gasteiger partial charge in [0.05, 0.1) is 6.61 Å². The number of benzene rings is 3. The second-order valence-electron chi connectivity index (χ2n) is 6.71. The Morgan fingerprint density at radius 2 is 1.50 bits per heavy atom. The average molecular weight is 345 g/mol. The van der Waals surface area contributed by atoms with Crippen LogP contribution < -0.4 is 10.1 Å². The fraction of sp³-hybridized carbons (Fsp3) is 0.250. The van der Waals surface area contributed by atoms with Gasteiger partial charge in [-0.1, -0.05) is 78.4 Å². The molecule has 0 saturated carbocycles. The van der Waals surface area contributed by atoms with E-state index in [9.17, 15) is 0 Å². The number of ether oxygens (including phenoxy) is 1. The fourth-order valence-corrected chi connectivity index (χ4v) is 2.98. The molecule has 0 radical (unpaired) electrons. The Morgan fingerprint density at radius 3 is 2.27 bits per heavy atom. The number of para-hydroxylation sites is 1. The van der Waals surface area contributed by atoms with Crippen LogP contribution in [0.1, 0.15) is 35.2 Å². The van der Waals surface area contributed by atoms with Gasteiger partial charge >= 0.3 is 0 Å². The molecule has 1 N–H and O–H groups in total. The molecule has 3 rings (SSSR count). The summed E-state index contributed by atoms with van der Waals surface area (Å²) in [5, 5.41) is 3.60. The van der Waals surface area contributed by atoms with Crippen LogP contribution in [0.3, 0.4) is 0 Å². The molecule has 0 aliphatic carbocycles. The minimum atomic E-state index is 0.226. The van der Waals surface area contributed by atoms with E-state index in [1.54, 1.807) is 0 Å². The van der Waals surface area contributed by atoms with Gasteiger partial charge in [-0.05, 0) is 31.0 Å². The molecule has 3 aromatic rings. The van der Waals surface area contributed by atoms with Gasteiger partial charge in [0.25, 0.3) is 0 Å². The lowest BCUT2D eigenvalue weighted by Crippen LogP contribution is -2.19. The molecule has 0 fully saturated rings. The quantitative estimate of drug-likeness (QED) is 0.585. The van der Waals surface area contributed by atoms with Gasteiger partial charge in [0.2, 0.25) is 0 Å². The molecule has 1 atom stereocenters. The lowest BCUT2D eigenvalue weighted by Gasteiger charge is -2.18. The highest BCUT2D eigenvalue weighted by Crippen LogP contribution is 2.25. The van der Waals surface area contributed by atoms with Crippen molar-refractivity contribution in [3.8, 4) is 5.75 Å². The minimum absolute atomic E-state index is 0.226. The third-order valence-electron chi connectivity index (χ3n) is 4.61. The van der Waals surface area contributed by atoms with Gasteiger partial charge < -0.3 is 10.1 Å². The normalized spacial score (nSPS) is 11.9. The molecule has 0 amide bonds. The molecular formula is C24H27NO. The topological polar surface area (TPSA) is 21.3 Å². The summed E-state index contributed by atoms with van der Waals surface area (Å²) in [7, 11) is 0. The molecule has 0 saturated heterocycles. The van der Waals surface area contributed by atoms with Crippen LogP contribution >= 0.6 is 0 Å². The van der Waals surface area contributed by atoms with E-state index in [1.165, 1.54) is 22.3 Å². The highest BCUT2D eigenvalue weighted by atomic mass is 16.5. The molecule has 1 unspecified atom stereocenters. The largest absolute Gasteiger partial charge is 0.493 e. The molecule has 0 aliphatic heterocycles. The predicted molar refractivity (Wildman–Crippen MR) is 109 cm³/mol. The van der Waals surface area contributed by atoms with Crippen molar-refractivity contribution in [2.75, 3.05) is 6.61 Å². The molecule has 3 aromatic carbocycles. The standard InChI is InChI=1S/C24H27NO/c1-19-12-14-22(15-13-19)18-25-20(2)23-10-6-7-11-24(23)26-17-16-21-8-4-3-5-9-21/h3-15,20,25H,16-18H2,1-2H3. The summed E-state index contributed by atoms with van der Waals surface area (Å²) < 4.78 is 6.09. The van der Waals surface area contributed by atoms with Crippen molar-refractivity contribution >= 4 is 0 Å². The van der Waals surface area contributed by atoms with Crippen molar-refractivity contribution in [3.63, 3.8) is 0 Å². The minimum Gasteiger partial charge on any atom is -0.493 e. The van der Waals surface area contributed by atoms with Crippen molar-refractivity contribution in [2.24, 2.45) is 0 Å². The summed E-state index contributed by atoms with van der Waals surface area (Å²) in [4.78, 5) is 0. The Kier molecular flexibility index (Phi) is 6.45. The molecule has 26 heavy (non-hydrogen) atoms. The van der Waals surface area contributed by atoms with Crippen LogP contribution in [-0.2, 0) is 13.0 Å². The van der Waals surface area contributed by atoms with E-state index in [2.05, 4.69) is 85.9 Å². The van der Waals surface area contributed by atoms with Crippen molar-refractivity contribution in [1.29, 1.82) is 0 Å². The first-order chi connectivity index (χ1) is 12.7. The van der Waals surface area contributed by atoms with Crippen molar-refractivity contribution in [1.82, 2.24) is 5.32 Å². The summed E-state index contributed by atoms with van der Waals surface area (Å²) in [6.07, 6.45) is 0.917.